The summed E-state index contributed by atoms with van der Waals surface area (Å²) in [4.78, 5) is 53.5. The quantitative estimate of drug-likeness (QED) is 0.143. The number of nitrogens with zero attached hydrogens (tertiary/aromatic N) is 1. The standard InChI is InChI=1S/C38H50N4O7/c1-24-19-31(43)25(2)26(3)33(24)30(40-35(46)49-37(4,5)6)20-32(44)41-38(7,8)23-39-34(45)29(28-17-13-10-14-18-28)22-42(36(47)48)21-27-15-11-9-12-16-27/h9-19,29-30,43H,20-23H2,1-8H3,(H,39,45)(H,40,46)(H,41,44)(H,47,48). The summed E-state index contributed by atoms with van der Waals surface area (Å²) in [6.45, 7) is 14.3. The van der Waals surface area contributed by atoms with Gasteiger partial charge in [-0.25, -0.2) is 9.59 Å². The Morgan fingerprint density at radius 2 is 1.47 bits per heavy atom. The van der Waals surface area contributed by atoms with Crippen LogP contribution in [0.25, 0.3) is 0 Å². The summed E-state index contributed by atoms with van der Waals surface area (Å²) in [7, 11) is 0. The van der Waals surface area contributed by atoms with Gasteiger partial charge in [-0.15, -0.1) is 0 Å². The van der Waals surface area contributed by atoms with Gasteiger partial charge in [-0.2, -0.15) is 0 Å². The van der Waals surface area contributed by atoms with Crippen LogP contribution in [0.1, 0.15) is 86.4 Å². The number of amides is 4. The van der Waals surface area contributed by atoms with E-state index >= 15 is 0 Å². The molecule has 0 aliphatic rings. The minimum atomic E-state index is -1.14. The van der Waals surface area contributed by atoms with Crippen molar-refractivity contribution >= 4 is 24.0 Å². The molecule has 2 atom stereocenters. The first kappa shape index (κ1) is 38.4. The molecule has 0 aliphatic heterocycles. The summed E-state index contributed by atoms with van der Waals surface area (Å²) in [5.41, 5.74) is 2.57. The molecule has 0 aromatic heterocycles. The van der Waals surface area contributed by atoms with Crippen LogP contribution in [0.3, 0.4) is 0 Å². The monoisotopic (exact) mass is 674 g/mol. The Balaban J connectivity index is 1.76. The first-order chi connectivity index (χ1) is 22.9. The van der Waals surface area contributed by atoms with Crippen LogP contribution in [0.4, 0.5) is 9.59 Å². The van der Waals surface area contributed by atoms with Crippen molar-refractivity contribution in [1.82, 2.24) is 20.9 Å². The highest BCUT2D eigenvalue weighted by Gasteiger charge is 2.31. The summed E-state index contributed by atoms with van der Waals surface area (Å²) in [5.74, 6) is -1.46. The van der Waals surface area contributed by atoms with Gasteiger partial charge in [-0.05, 0) is 94.8 Å². The highest BCUT2D eigenvalue weighted by atomic mass is 16.6. The van der Waals surface area contributed by atoms with Crippen molar-refractivity contribution in [3.63, 3.8) is 0 Å². The topological polar surface area (TPSA) is 157 Å². The molecule has 2 unspecified atom stereocenters. The summed E-state index contributed by atoms with van der Waals surface area (Å²) in [6, 6.07) is 19.0. The normalized spacial score (nSPS) is 12.7. The maximum atomic E-state index is 13.7. The number of hydrogen-bond donors (Lipinski definition) is 5. The second-order valence-electron chi connectivity index (χ2n) is 14.0. The summed E-state index contributed by atoms with van der Waals surface area (Å²) in [6.07, 6.45) is -1.97. The predicted octanol–water partition coefficient (Wildman–Crippen LogP) is 6.25. The molecule has 11 heteroatoms. The fourth-order valence-electron chi connectivity index (χ4n) is 5.64. The van der Waals surface area contributed by atoms with Gasteiger partial charge in [0.25, 0.3) is 0 Å². The molecule has 3 aromatic carbocycles. The van der Waals surface area contributed by atoms with Crippen LogP contribution in [0, 0.1) is 20.8 Å². The number of benzene rings is 3. The zero-order chi connectivity index (χ0) is 36.5. The highest BCUT2D eigenvalue weighted by Crippen LogP contribution is 2.32. The Kier molecular flexibility index (Phi) is 12.8. The maximum Gasteiger partial charge on any atom is 0.408 e. The Morgan fingerprint density at radius 1 is 0.878 bits per heavy atom. The minimum Gasteiger partial charge on any atom is -0.508 e. The molecule has 0 saturated heterocycles. The van der Waals surface area contributed by atoms with Crippen LogP contribution in [0.2, 0.25) is 0 Å². The molecule has 0 fully saturated rings. The lowest BCUT2D eigenvalue weighted by Crippen LogP contribution is -2.53. The number of carbonyl (C=O) groups is 4. The predicted molar refractivity (Wildman–Crippen MR) is 188 cm³/mol. The molecule has 4 amide bonds. The SMILES string of the molecule is Cc1cc(O)c(C)c(C)c1C(CC(=O)NC(C)(C)CNC(=O)C(CN(Cc1ccccc1)C(=O)O)c1ccccc1)NC(=O)OC(C)(C)C. The fraction of sp³-hybridized carbons (Fsp3) is 0.421. The van der Waals surface area contributed by atoms with Crippen LogP contribution < -0.4 is 16.0 Å². The van der Waals surface area contributed by atoms with Crippen molar-refractivity contribution in [2.45, 2.75) is 91.5 Å². The first-order valence-electron chi connectivity index (χ1n) is 16.3. The number of hydrogen-bond acceptors (Lipinski definition) is 6. The third-order valence-electron chi connectivity index (χ3n) is 8.15. The van der Waals surface area contributed by atoms with E-state index in [0.717, 1.165) is 11.1 Å². The van der Waals surface area contributed by atoms with Crippen molar-refractivity contribution < 1.29 is 34.1 Å². The van der Waals surface area contributed by atoms with E-state index in [2.05, 4.69) is 16.0 Å². The highest BCUT2D eigenvalue weighted by molar-refractivity contribution is 5.85. The zero-order valence-electron chi connectivity index (χ0n) is 29.7. The lowest BCUT2D eigenvalue weighted by Gasteiger charge is -2.31. The van der Waals surface area contributed by atoms with Gasteiger partial charge in [-0.3, -0.25) is 9.59 Å². The minimum absolute atomic E-state index is 0.0488. The largest absolute Gasteiger partial charge is 0.508 e. The maximum absolute atomic E-state index is 13.7. The number of alkyl carbamates (subject to hydrolysis) is 1. The molecule has 49 heavy (non-hydrogen) atoms. The molecule has 0 aliphatic carbocycles. The molecule has 0 saturated carbocycles. The van der Waals surface area contributed by atoms with Gasteiger partial charge in [-0.1, -0.05) is 60.7 Å². The molecule has 5 N–H and O–H groups in total. The Morgan fingerprint density at radius 3 is 2.04 bits per heavy atom. The van der Waals surface area contributed by atoms with Crippen molar-refractivity contribution in [2.24, 2.45) is 0 Å². The van der Waals surface area contributed by atoms with Crippen molar-refractivity contribution in [3.8, 4) is 5.75 Å². The van der Waals surface area contributed by atoms with Gasteiger partial charge < -0.3 is 35.8 Å². The summed E-state index contributed by atoms with van der Waals surface area (Å²) < 4.78 is 5.49. The molecule has 264 valence electrons. The molecule has 0 spiro atoms. The van der Waals surface area contributed by atoms with Gasteiger partial charge in [0, 0.05) is 19.6 Å². The second-order valence-corrected chi connectivity index (χ2v) is 14.0. The molecular weight excluding hydrogens is 624 g/mol. The van der Waals surface area contributed by atoms with E-state index < -0.39 is 35.3 Å². The number of aryl methyl sites for hydroxylation is 1. The first-order valence-corrected chi connectivity index (χ1v) is 16.3. The summed E-state index contributed by atoms with van der Waals surface area (Å²) in [5, 5.41) is 29.1. The third kappa shape index (κ3) is 11.5. The number of rotatable bonds is 13. The Labute approximate surface area is 289 Å². The van der Waals surface area contributed by atoms with Crippen molar-refractivity contribution in [3.05, 3.63) is 100 Å². The van der Waals surface area contributed by atoms with E-state index in [1.54, 1.807) is 78.8 Å². The lowest BCUT2D eigenvalue weighted by atomic mass is 9.90. The van der Waals surface area contributed by atoms with Crippen molar-refractivity contribution in [1.29, 1.82) is 0 Å². The molecule has 3 aromatic rings. The molecule has 0 bridgehead atoms. The van der Waals surface area contributed by atoms with Crippen LogP contribution in [0.15, 0.2) is 66.7 Å². The van der Waals surface area contributed by atoms with Crippen LogP contribution in [-0.2, 0) is 20.9 Å². The van der Waals surface area contributed by atoms with Gasteiger partial charge in [0.05, 0.1) is 23.9 Å². The number of phenolic OH excluding ortho intramolecular Hbond substituents is 1. The molecule has 0 radical (unpaired) electrons. The van der Waals surface area contributed by atoms with E-state index in [0.29, 0.717) is 22.3 Å². The number of ether oxygens (including phenoxy) is 1. The summed E-state index contributed by atoms with van der Waals surface area (Å²) >= 11 is 0. The lowest BCUT2D eigenvalue weighted by molar-refractivity contribution is -0.125. The van der Waals surface area contributed by atoms with Crippen LogP contribution in [0.5, 0.6) is 5.75 Å². The molecule has 0 heterocycles. The van der Waals surface area contributed by atoms with Crippen LogP contribution in [-0.4, -0.2) is 63.3 Å². The Bertz CT molecular complexity index is 1620. The number of carboxylic acid groups (broad SMARTS) is 1. The fourth-order valence-corrected chi connectivity index (χ4v) is 5.64. The number of carbonyl (C=O) groups excluding carboxylic acids is 3. The van der Waals surface area contributed by atoms with Gasteiger partial charge in [0.1, 0.15) is 11.4 Å². The number of nitrogens with one attached hydrogen (secondary N) is 3. The van der Waals surface area contributed by atoms with E-state index in [1.807, 2.05) is 43.3 Å². The number of aromatic hydroxyl groups is 1. The Hall–Kier alpha value is -5.06. The van der Waals surface area contributed by atoms with E-state index in [1.165, 1.54) is 4.90 Å². The van der Waals surface area contributed by atoms with E-state index in [4.69, 9.17) is 4.74 Å². The third-order valence-corrected chi connectivity index (χ3v) is 8.15. The van der Waals surface area contributed by atoms with Crippen molar-refractivity contribution in [2.75, 3.05) is 13.1 Å². The number of phenols is 1. The van der Waals surface area contributed by atoms with E-state index in [-0.39, 0.29) is 43.6 Å². The molecular formula is C38H50N4O7. The van der Waals surface area contributed by atoms with Crippen LogP contribution >= 0.6 is 0 Å². The zero-order valence-corrected chi connectivity index (χ0v) is 29.7. The van der Waals surface area contributed by atoms with Gasteiger partial charge >= 0.3 is 12.2 Å². The van der Waals surface area contributed by atoms with E-state index in [9.17, 15) is 29.4 Å². The average Bonchev–Trinajstić information content (AvgIpc) is 3.00. The van der Waals surface area contributed by atoms with Gasteiger partial charge in [0.15, 0.2) is 0 Å². The smallest absolute Gasteiger partial charge is 0.408 e. The van der Waals surface area contributed by atoms with Gasteiger partial charge in [0.2, 0.25) is 11.8 Å². The molecule has 11 nitrogen and oxygen atoms in total. The second kappa shape index (κ2) is 16.4. The average molecular weight is 675 g/mol. The molecule has 3 rings (SSSR count).